The number of nitrogens with one attached hydrogen (secondary N) is 2. The molecule has 3 aromatic rings. The number of fused-ring (bicyclic) bond motifs is 3. The molecule has 1 aromatic carbocycles. The van der Waals surface area contributed by atoms with Crippen LogP contribution in [0.1, 0.15) is 35.3 Å². The Kier molecular flexibility index (Phi) is 6.62. The third-order valence-electron chi connectivity index (χ3n) is 5.00. The summed E-state index contributed by atoms with van der Waals surface area (Å²) in [6.45, 7) is 0. The van der Waals surface area contributed by atoms with Gasteiger partial charge in [-0.3, -0.25) is 15.0 Å². The van der Waals surface area contributed by atoms with E-state index in [1.807, 2.05) is 0 Å². The SMILES string of the molecule is O=C(CSCc1ccc(F)cc1Cl)Nn1c(=S)[nH]c2sc3c(c2c1=O)CCCCC3. The number of thioether (sulfide) groups is 1. The van der Waals surface area contributed by atoms with Crippen molar-refractivity contribution in [1.29, 1.82) is 0 Å². The highest BCUT2D eigenvalue weighted by atomic mass is 35.5. The summed E-state index contributed by atoms with van der Waals surface area (Å²) in [5.74, 6) is -0.192. The molecule has 0 saturated carbocycles. The minimum absolute atomic E-state index is 0.106. The van der Waals surface area contributed by atoms with E-state index >= 15 is 0 Å². The highest BCUT2D eigenvalue weighted by molar-refractivity contribution is 7.99. The number of halogens is 2. The molecule has 0 saturated heterocycles. The zero-order valence-corrected chi connectivity index (χ0v) is 19.1. The van der Waals surface area contributed by atoms with Crippen LogP contribution in [-0.4, -0.2) is 21.3 Å². The van der Waals surface area contributed by atoms with Gasteiger partial charge in [0.2, 0.25) is 10.7 Å². The Morgan fingerprint density at radius 1 is 1.33 bits per heavy atom. The molecule has 0 unspecified atom stereocenters. The van der Waals surface area contributed by atoms with Gasteiger partial charge in [-0.05, 0) is 61.2 Å². The smallest absolute Gasteiger partial charge is 0.282 e. The van der Waals surface area contributed by atoms with Crippen molar-refractivity contribution < 1.29 is 9.18 Å². The zero-order chi connectivity index (χ0) is 21.3. The van der Waals surface area contributed by atoms with Crippen LogP contribution in [0.2, 0.25) is 5.02 Å². The van der Waals surface area contributed by atoms with Crippen LogP contribution in [0.3, 0.4) is 0 Å². The lowest BCUT2D eigenvalue weighted by molar-refractivity contribution is -0.114. The molecule has 0 aliphatic heterocycles. The van der Waals surface area contributed by atoms with Crippen LogP contribution in [0.4, 0.5) is 4.39 Å². The van der Waals surface area contributed by atoms with E-state index in [9.17, 15) is 14.0 Å². The van der Waals surface area contributed by atoms with E-state index in [2.05, 4.69) is 10.4 Å². The van der Waals surface area contributed by atoms with Gasteiger partial charge in [0.05, 0.1) is 11.1 Å². The first-order valence-corrected chi connectivity index (χ1v) is 12.3. The number of aromatic amines is 1. The quantitative estimate of drug-likeness (QED) is 0.387. The lowest BCUT2D eigenvalue weighted by Crippen LogP contribution is -2.35. The molecular formula is C20H19ClFN3O2S3. The second-order valence-corrected chi connectivity index (χ2v) is 9.99. The lowest BCUT2D eigenvalue weighted by atomic mass is 10.1. The Hall–Kier alpha value is -1.68. The molecule has 10 heteroatoms. The van der Waals surface area contributed by atoms with E-state index in [1.165, 1.54) is 28.8 Å². The first-order valence-electron chi connectivity index (χ1n) is 9.55. The van der Waals surface area contributed by atoms with Gasteiger partial charge >= 0.3 is 0 Å². The maximum absolute atomic E-state index is 13.1. The standard InChI is InChI=1S/C20H19ClFN3O2S3/c21-14-8-12(22)7-6-11(14)9-29-10-16(26)24-25-19(27)17-13-4-2-1-3-5-15(13)30-18(17)23-20(25)28/h6-8H,1-5,9-10H2,(H,23,28)(H,24,26). The molecule has 2 aromatic heterocycles. The molecule has 4 rings (SSSR count). The van der Waals surface area contributed by atoms with Gasteiger partial charge in [-0.15, -0.1) is 23.1 Å². The van der Waals surface area contributed by atoms with Crippen LogP contribution in [0.25, 0.3) is 10.2 Å². The van der Waals surface area contributed by atoms with Gasteiger partial charge in [0.1, 0.15) is 10.6 Å². The lowest BCUT2D eigenvalue weighted by Gasteiger charge is -2.09. The van der Waals surface area contributed by atoms with Crippen molar-refractivity contribution in [2.24, 2.45) is 0 Å². The molecule has 2 heterocycles. The molecule has 0 bridgehead atoms. The van der Waals surface area contributed by atoms with E-state index < -0.39 is 5.82 Å². The number of carbonyl (C=O) groups excluding carboxylic acids is 1. The van der Waals surface area contributed by atoms with Crippen LogP contribution in [-0.2, 0) is 23.4 Å². The predicted molar refractivity (Wildman–Crippen MR) is 124 cm³/mol. The van der Waals surface area contributed by atoms with Crippen LogP contribution in [0, 0.1) is 10.6 Å². The number of aryl methyl sites for hydroxylation is 2. The number of carbonyl (C=O) groups is 1. The largest absolute Gasteiger partial charge is 0.322 e. The normalized spacial score (nSPS) is 13.8. The molecular weight excluding hydrogens is 465 g/mol. The Balaban J connectivity index is 1.50. The minimum Gasteiger partial charge on any atom is -0.322 e. The molecule has 158 valence electrons. The molecule has 1 amide bonds. The summed E-state index contributed by atoms with van der Waals surface area (Å²) in [6.07, 6.45) is 5.19. The number of aromatic nitrogens is 2. The Morgan fingerprint density at radius 2 is 2.13 bits per heavy atom. The van der Waals surface area contributed by atoms with Gasteiger partial charge in [0.15, 0.2) is 0 Å². The van der Waals surface area contributed by atoms with Crippen molar-refractivity contribution in [3.8, 4) is 0 Å². The summed E-state index contributed by atoms with van der Waals surface area (Å²) in [4.78, 5) is 30.6. The number of hydrogen-bond donors (Lipinski definition) is 2. The van der Waals surface area contributed by atoms with E-state index in [0.717, 1.165) is 52.7 Å². The number of nitrogens with zero attached hydrogens (tertiary/aromatic N) is 1. The first-order chi connectivity index (χ1) is 14.4. The van der Waals surface area contributed by atoms with Crippen molar-refractivity contribution in [2.75, 3.05) is 11.2 Å². The van der Waals surface area contributed by atoms with Crippen LogP contribution >= 0.6 is 46.9 Å². The number of H-pyrrole nitrogens is 1. The second kappa shape index (κ2) is 9.21. The third kappa shape index (κ3) is 4.49. The molecule has 1 aliphatic carbocycles. The summed E-state index contributed by atoms with van der Waals surface area (Å²) in [7, 11) is 0. The third-order valence-corrected chi connectivity index (χ3v) is 7.83. The average Bonchev–Trinajstić information content (AvgIpc) is 2.88. The molecule has 0 fully saturated rings. The average molecular weight is 484 g/mol. The van der Waals surface area contributed by atoms with Crippen LogP contribution in [0.15, 0.2) is 23.0 Å². The van der Waals surface area contributed by atoms with Crippen molar-refractivity contribution in [3.05, 3.63) is 60.2 Å². The number of rotatable bonds is 5. The highest BCUT2D eigenvalue weighted by Crippen LogP contribution is 2.32. The van der Waals surface area contributed by atoms with Gasteiger partial charge < -0.3 is 4.98 Å². The number of thiophene rings is 1. The molecule has 5 nitrogen and oxygen atoms in total. The topological polar surface area (TPSA) is 66.9 Å². The van der Waals surface area contributed by atoms with Gasteiger partial charge in [0, 0.05) is 15.7 Å². The first kappa shape index (κ1) is 21.5. The fourth-order valence-corrected chi connectivity index (χ4v) is 6.28. The van der Waals surface area contributed by atoms with Gasteiger partial charge in [0.25, 0.3) is 5.56 Å². The zero-order valence-electron chi connectivity index (χ0n) is 15.9. The Labute approximate surface area is 190 Å². The van der Waals surface area contributed by atoms with Crippen molar-refractivity contribution in [1.82, 2.24) is 9.66 Å². The Bertz CT molecular complexity index is 1230. The highest BCUT2D eigenvalue weighted by Gasteiger charge is 2.20. The van der Waals surface area contributed by atoms with Crippen molar-refractivity contribution in [3.63, 3.8) is 0 Å². The second-order valence-electron chi connectivity index (χ2n) is 7.10. The van der Waals surface area contributed by atoms with E-state index in [1.54, 1.807) is 17.4 Å². The fourth-order valence-electron chi connectivity index (χ4n) is 3.56. The van der Waals surface area contributed by atoms with Gasteiger partial charge in [-0.2, -0.15) is 4.68 Å². The van der Waals surface area contributed by atoms with Gasteiger partial charge in [-0.1, -0.05) is 24.1 Å². The molecule has 0 atom stereocenters. The van der Waals surface area contributed by atoms with E-state index in [0.29, 0.717) is 16.2 Å². The van der Waals surface area contributed by atoms with Gasteiger partial charge in [-0.25, -0.2) is 4.39 Å². The van der Waals surface area contributed by atoms with E-state index in [-0.39, 0.29) is 22.0 Å². The summed E-state index contributed by atoms with van der Waals surface area (Å²) in [6, 6.07) is 4.18. The van der Waals surface area contributed by atoms with E-state index in [4.69, 9.17) is 23.8 Å². The minimum atomic E-state index is -0.401. The maximum atomic E-state index is 13.1. The number of benzene rings is 1. The van der Waals surface area contributed by atoms with Crippen LogP contribution < -0.4 is 11.0 Å². The number of amides is 1. The van der Waals surface area contributed by atoms with Crippen LogP contribution in [0.5, 0.6) is 0 Å². The molecule has 30 heavy (non-hydrogen) atoms. The summed E-state index contributed by atoms with van der Waals surface area (Å²) in [5.41, 5.74) is 4.16. The van der Waals surface area contributed by atoms with Crippen molar-refractivity contribution >= 4 is 63.0 Å². The fraction of sp³-hybridized carbons (Fsp3) is 0.350. The predicted octanol–water partition coefficient (Wildman–Crippen LogP) is 5.19. The molecule has 0 spiro atoms. The molecule has 0 radical (unpaired) electrons. The molecule has 2 N–H and O–H groups in total. The summed E-state index contributed by atoms with van der Waals surface area (Å²) in [5, 5.41) is 0.960. The van der Waals surface area contributed by atoms with Crippen molar-refractivity contribution in [2.45, 2.75) is 37.9 Å². The number of hydrogen-bond acceptors (Lipinski definition) is 5. The maximum Gasteiger partial charge on any atom is 0.282 e. The Morgan fingerprint density at radius 3 is 2.93 bits per heavy atom. The summed E-state index contributed by atoms with van der Waals surface area (Å²) < 4.78 is 14.4. The monoisotopic (exact) mass is 483 g/mol. The summed E-state index contributed by atoms with van der Waals surface area (Å²) >= 11 is 14.2. The molecule has 1 aliphatic rings.